The number of fused-ring (bicyclic) bond motifs is 2. The van der Waals surface area contributed by atoms with Gasteiger partial charge in [0, 0.05) is 29.8 Å². The number of aromatic nitrogens is 1. The van der Waals surface area contributed by atoms with Crippen LogP contribution in [0.4, 0.5) is 5.69 Å². The molecule has 0 atom stereocenters. The quantitative estimate of drug-likeness (QED) is 0.390. The summed E-state index contributed by atoms with van der Waals surface area (Å²) in [4.78, 5) is 55.1. The lowest BCUT2D eigenvalue weighted by Gasteiger charge is -2.37. The highest BCUT2D eigenvalue weighted by molar-refractivity contribution is 6.22. The molecule has 37 heavy (non-hydrogen) atoms. The maximum Gasteiger partial charge on any atom is 0.262 e. The fourth-order valence-corrected chi connectivity index (χ4v) is 4.53. The molecule has 0 bridgehead atoms. The number of furan rings is 1. The molecule has 9 nitrogen and oxygen atoms in total. The first-order chi connectivity index (χ1) is 17.7. The molecule has 0 radical (unpaired) electrons. The van der Waals surface area contributed by atoms with Crippen molar-refractivity contribution in [2.24, 2.45) is 7.05 Å². The van der Waals surface area contributed by atoms with E-state index in [2.05, 4.69) is 5.32 Å². The lowest BCUT2D eigenvalue weighted by atomic mass is 10.00. The van der Waals surface area contributed by atoms with Gasteiger partial charge in [-0.2, -0.15) is 0 Å². The van der Waals surface area contributed by atoms with Gasteiger partial charge in [0.1, 0.15) is 17.8 Å². The molecule has 0 saturated carbocycles. The molecule has 9 heteroatoms. The predicted molar refractivity (Wildman–Crippen MR) is 137 cm³/mol. The van der Waals surface area contributed by atoms with Gasteiger partial charge in [0.2, 0.25) is 11.8 Å². The molecule has 0 spiro atoms. The third kappa shape index (κ3) is 4.29. The van der Waals surface area contributed by atoms with Crippen LogP contribution in [-0.4, -0.2) is 50.1 Å². The van der Waals surface area contributed by atoms with Crippen LogP contribution in [0.15, 0.2) is 77.5 Å². The van der Waals surface area contributed by atoms with E-state index in [1.165, 1.54) is 11.2 Å². The smallest absolute Gasteiger partial charge is 0.262 e. The third-order valence-corrected chi connectivity index (χ3v) is 6.74. The number of nitrogens with one attached hydrogen (secondary N) is 1. The summed E-state index contributed by atoms with van der Waals surface area (Å²) in [6.45, 7) is 2.71. The average Bonchev–Trinajstić information content (AvgIpc) is 3.59. The van der Waals surface area contributed by atoms with Crippen molar-refractivity contribution in [1.82, 2.24) is 14.4 Å². The maximum absolute atomic E-state index is 13.6. The number of hydrogen-bond acceptors (Lipinski definition) is 5. The van der Waals surface area contributed by atoms with E-state index in [4.69, 9.17) is 4.42 Å². The SMILES string of the molecule is Cn1ccc2cc(NC(=O)C(C)(C)N(Cc3ccco3)C(=O)CN3C(=O)c4ccccc4C3=O)ccc21. The summed E-state index contributed by atoms with van der Waals surface area (Å²) < 4.78 is 7.43. The summed E-state index contributed by atoms with van der Waals surface area (Å²) in [5.74, 6) is -1.60. The number of hydrogen-bond donors (Lipinski definition) is 1. The van der Waals surface area contributed by atoms with Crippen LogP contribution in [0.1, 0.15) is 40.3 Å². The molecule has 1 aliphatic rings. The number of carbonyl (C=O) groups excluding carboxylic acids is 4. The van der Waals surface area contributed by atoms with Gasteiger partial charge in [-0.1, -0.05) is 12.1 Å². The van der Waals surface area contributed by atoms with Gasteiger partial charge in [0.05, 0.1) is 23.9 Å². The van der Waals surface area contributed by atoms with Crippen molar-refractivity contribution in [3.63, 3.8) is 0 Å². The standard InChI is InChI=1S/C28H26N4O5/c1-28(2,27(36)29-19-10-11-23-18(15-19)12-13-30(23)3)32(16-20-7-6-14-37-20)24(33)17-31-25(34)21-8-4-5-9-22(21)26(31)35/h4-15H,16-17H2,1-3H3,(H,29,36). The van der Waals surface area contributed by atoms with Crippen molar-refractivity contribution in [3.05, 3.63) is 90.0 Å². The van der Waals surface area contributed by atoms with Crippen LogP contribution in [0.25, 0.3) is 10.9 Å². The van der Waals surface area contributed by atoms with E-state index in [1.807, 2.05) is 36.0 Å². The lowest BCUT2D eigenvalue weighted by Crippen LogP contribution is -2.57. The summed E-state index contributed by atoms with van der Waals surface area (Å²) in [5.41, 5.74) is 0.765. The first-order valence-corrected chi connectivity index (χ1v) is 11.8. The fourth-order valence-electron chi connectivity index (χ4n) is 4.53. The Balaban J connectivity index is 1.40. The second kappa shape index (κ2) is 9.09. The zero-order valence-electron chi connectivity index (χ0n) is 20.7. The van der Waals surface area contributed by atoms with Gasteiger partial charge in [0.15, 0.2) is 0 Å². The number of aryl methyl sites for hydroxylation is 1. The summed E-state index contributed by atoms with van der Waals surface area (Å²) in [6.07, 6.45) is 3.41. The van der Waals surface area contributed by atoms with E-state index < -0.39 is 35.7 Å². The average molecular weight is 499 g/mol. The highest BCUT2D eigenvalue weighted by Crippen LogP contribution is 2.26. The molecule has 0 fully saturated rings. The first-order valence-electron chi connectivity index (χ1n) is 11.8. The van der Waals surface area contributed by atoms with Crippen LogP contribution in [0.5, 0.6) is 0 Å². The summed E-state index contributed by atoms with van der Waals surface area (Å²) in [5, 5.41) is 3.87. The minimum absolute atomic E-state index is 0.0207. The number of nitrogens with zero attached hydrogens (tertiary/aromatic N) is 3. The Bertz CT molecular complexity index is 1500. The van der Waals surface area contributed by atoms with E-state index in [9.17, 15) is 19.2 Å². The largest absolute Gasteiger partial charge is 0.467 e. The van der Waals surface area contributed by atoms with E-state index in [1.54, 1.807) is 56.3 Å². The van der Waals surface area contributed by atoms with E-state index >= 15 is 0 Å². The normalized spacial score (nSPS) is 13.2. The Morgan fingerprint density at radius 3 is 2.32 bits per heavy atom. The Hall–Kier alpha value is -4.66. The summed E-state index contributed by atoms with van der Waals surface area (Å²) in [6, 6.07) is 17.3. The number of benzene rings is 2. The van der Waals surface area contributed by atoms with Crippen molar-refractivity contribution in [2.75, 3.05) is 11.9 Å². The van der Waals surface area contributed by atoms with Crippen molar-refractivity contribution in [2.45, 2.75) is 25.9 Å². The predicted octanol–water partition coefficient (Wildman–Crippen LogP) is 3.81. The Labute approximate surface area is 213 Å². The monoisotopic (exact) mass is 498 g/mol. The Morgan fingerprint density at radius 1 is 0.973 bits per heavy atom. The molecule has 2 aromatic heterocycles. The molecule has 0 saturated heterocycles. The molecule has 2 aromatic carbocycles. The molecular formula is C28H26N4O5. The number of amides is 4. The molecular weight excluding hydrogens is 472 g/mol. The molecule has 4 aromatic rings. The van der Waals surface area contributed by atoms with Gasteiger partial charge >= 0.3 is 0 Å². The van der Waals surface area contributed by atoms with Crippen LogP contribution < -0.4 is 5.32 Å². The molecule has 1 aliphatic heterocycles. The van der Waals surface area contributed by atoms with Crippen LogP contribution in [-0.2, 0) is 23.2 Å². The zero-order valence-corrected chi connectivity index (χ0v) is 20.7. The van der Waals surface area contributed by atoms with Gasteiger partial charge in [-0.15, -0.1) is 0 Å². The number of imide groups is 1. The topological polar surface area (TPSA) is 105 Å². The summed E-state index contributed by atoms with van der Waals surface area (Å²) >= 11 is 0. The number of anilines is 1. The van der Waals surface area contributed by atoms with Crippen LogP contribution >= 0.6 is 0 Å². The minimum atomic E-state index is -1.35. The number of carbonyl (C=O) groups is 4. The molecule has 4 amide bonds. The van der Waals surface area contributed by atoms with E-state index in [0.717, 1.165) is 15.8 Å². The van der Waals surface area contributed by atoms with Crippen molar-refractivity contribution < 1.29 is 23.6 Å². The Kier molecular flexibility index (Phi) is 5.91. The molecule has 0 unspecified atom stereocenters. The van der Waals surface area contributed by atoms with Gasteiger partial charge in [0.25, 0.3) is 11.8 Å². The molecule has 188 valence electrons. The zero-order chi connectivity index (χ0) is 26.3. The second-order valence-corrected chi connectivity index (χ2v) is 9.51. The van der Waals surface area contributed by atoms with Crippen molar-refractivity contribution in [1.29, 1.82) is 0 Å². The molecule has 5 rings (SSSR count). The maximum atomic E-state index is 13.6. The molecule has 0 aliphatic carbocycles. The lowest BCUT2D eigenvalue weighted by molar-refractivity contribution is -0.145. The fraction of sp³-hybridized carbons (Fsp3) is 0.214. The van der Waals surface area contributed by atoms with E-state index in [-0.39, 0.29) is 17.7 Å². The van der Waals surface area contributed by atoms with Gasteiger partial charge in [-0.05, 0) is 62.4 Å². The molecule has 1 N–H and O–H groups in total. The third-order valence-electron chi connectivity index (χ3n) is 6.74. The van der Waals surface area contributed by atoms with Gasteiger partial charge in [-0.25, -0.2) is 0 Å². The van der Waals surface area contributed by atoms with Crippen LogP contribution in [0, 0.1) is 0 Å². The molecule has 3 heterocycles. The highest BCUT2D eigenvalue weighted by Gasteiger charge is 2.42. The minimum Gasteiger partial charge on any atom is -0.467 e. The van der Waals surface area contributed by atoms with Crippen LogP contribution in [0.2, 0.25) is 0 Å². The second-order valence-electron chi connectivity index (χ2n) is 9.51. The Morgan fingerprint density at radius 2 is 1.68 bits per heavy atom. The van der Waals surface area contributed by atoms with Gasteiger partial charge in [-0.3, -0.25) is 24.1 Å². The number of rotatable bonds is 7. The van der Waals surface area contributed by atoms with Crippen LogP contribution in [0.3, 0.4) is 0 Å². The van der Waals surface area contributed by atoms with E-state index in [0.29, 0.717) is 11.4 Å². The van der Waals surface area contributed by atoms with Gasteiger partial charge < -0.3 is 19.2 Å². The van der Waals surface area contributed by atoms with Crippen molar-refractivity contribution in [3.8, 4) is 0 Å². The van der Waals surface area contributed by atoms with Crippen molar-refractivity contribution >= 4 is 40.2 Å². The summed E-state index contributed by atoms with van der Waals surface area (Å²) in [7, 11) is 1.94. The highest BCUT2D eigenvalue weighted by atomic mass is 16.3. The first kappa shape index (κ1) is 24.1.